The van der Waals surface area contributed by atoms with Gasteiger partial charge in [-0.3, -0.25) is 10.2 Å². The van der Waals surface area contributed by atoms with Crippen molar-refractivity contribution in [2.75, 3.05) is 6.61 Å². The van der Waals surface area contributed by atoms with E-state index in [-0.39, 0.29) is 33.8 Å². The lowest BCUT2D eigenvalue weighted by atomic mass is 10.1. The minimum absolute atomic E-state index is 0.00290. The Balaban J connectivity index is 1.39. The van der Waals surface area contributed by atoms with Crippen LogP contribution in [-0.4, -0.2) is 42.0 Å². The number of rotatable bonds is 7. The second kappa shape index (κ2) is 9.80. The van der Waals surface area contributed by atoms with E-state index in [9.17, 15) is 13.2 Å². The maximum atomic E-state index is 12.8. The molecule has 36 heavy (non-hydrogen) atoms. The molecule has 0 aromatic heterocycles. The third kappa shape index (κ3) is 4.92. The number of thioether (sulfide) groups is 1. The molecule has 2 aliphatic heterocycles. The van der Waals surface area contributed by atoms with Gasteiger partial charge in [0.2, 0.25) is 5.17 Å². The van der Waals surface area contributed by atoms with E-state index in [1.54, 1.807) is 36.4 Å². The molecule has 0 atom stereocenters. The van der Waals surface area contributed by atoms with E-state index in [1.807, 2.05) is 30.3 Å². The van der Waals surface area contributed by atoms with Crippen molar-refractivity contribution >= 4 is 49.9 Å². The summed E-state index contributed by atoms with van der Waals surface area (Å²) in [6.07, 6.45) is 1.37. The smallest absolute Gasteiger partial charge is 0.339 e. The minimum atomic E-state index is -4.10. The number of fused-ring (bicyclic) bond motifs is 1. The lowest BCUT2D eigenvalue weighted by Gasteiger charge is -2.20. The second-order valence-electron chi connectivity index (χ2n) is 7.50. The Kier molecular flexibility index (Phi) is 6.40. The van der Waals surface area contributed by atoms with Crippen molar-refractivity contribution < 1.29 is 22.1 Å². The topological polar surface area (TPSA) is 121 Å². The molecule has 1 amide bonds. The Labute approximate surface area is 211 Å². The van der Waals surface area contributed by atoms with Gasteiger partial charge in [-0.15, -0.1) is 0 Å². The first-order chi connectivity index (χ1) is 17.4. The van der Waals surface area contributed by atoms with Crippen LogP contribution < -0.4 is 8.92 Å². The van der Waals surface area contributed by atoms with Gasteiger partial charge in [0.25, 0.3) is 5.91 Å². The normalized spacial score (nSPS) is 16.4. The Morgan fingerprint density at radius 1 is 0.944 bits per heavy atom. The first kappa shape index (κ1) is 23.5. The number of benzene rings is 3. The molecule has 5 rings (SSSR count). The van der Waals surface area contributed by atoms with Crippen LogP contribution in [0.4, 0.5) is 0 Å². The fourth-order valence-electron chi connectivity index (χ4n) is 3.34. The molecule has 0 bridgehead atoms. The molecular formula is C25H18N4O5S2. The molecule has 9 nitrogen and oxygen atoms in total. The van der Waals surface area contributed by atoms with Gasteiger partial charge in [0.15, 0.2) is 5.84 Å². The first-order valence-electron chi connectivity index (χ1n) is 10.7. The summed E-state index contributed by atoms with van der Waals surface area (Å²) in [7, 11) is -4.10. The highest BCUT2D eigenvalue weighted by atomic mass is 32.2. The van der Waals surface area contributed by atoms with Crippen molar-refractivity contribution in [1.29, 1.82) is 5.41 Å². The first-order valence-corrected chi connectivity index (χ1v) is 12.9. The number of nitrogens with zero attached hydrogens (tertiary/aromatic N) is 3. The third-order valence-electron chi connectivity index (χ3n) is 5.05. The van der Waals surface area contributed by atoms with Gasteiger partial charge in [0, 0.05) is 5.56 Å². The van der Waals surface area contributed by atoms with Gasteiger partial charge in [-0.2, -0.15) is 23.5 Å². The molecule has 3 aromatic rings. The van der Waals surface area contributed by atoms with Crippen LogP contribution in [0.1, 0.15) is 5.56 Å². The van der Waals surface area contributed by atoms with Crippen molar-refractivity contribution in [3.05, 3.63) is 96.1 Å². The summed E-state index contributed by atoms with van der Waals surface area (Å²) in [6, 6.07) is 23.3. The fourth-order valence-corrected chi connectivity index (χ4v) is 5.11. The molecule has 3 aromatic carbocycles. The van der Waals surface area contributed by atoms with Crippen LogP contribution >= 0.6 is 11.8 Å². The average molecular weight is 519 g/mol. The highest BCUT2D eigenvalue weighted by molar-refractivity contribution is 8.27. The molecule has 0 radical (unpaired) electrons. The molecule has 0 aliphatic carbocycles. The predicted molar refractivity (Wildman–Crippen MR) is 138 cm³/mol. The van der Waals surface area contributed by atoms with Crippen LogP contribution in [0.15, 0.2) is 105 Å². The number of amides is 1. The lowest BCUT2D eigenvalue weighted by molar-refractivity contribution is -0.114. The maximum Gasteiger partial charge on any atom is 0.339 e. The number of aliphatic imine (C=N–C) groups is 1. The quantitative estimate of drug-likeness (QED) is 0.368. The van der Waals surface area contributed by atoms with Crippen LogP contribution in [0.25, 0.3) is 6.08 Å². The van der Waals surface area contributed by atoms with Gasteiger partial charge < -0.3 is 8.92 Å². The van der Waals surface area contributed by atoms with E-state index >= 15 is 0 Å². The van der Waals surface area contributed by atoms with Gasteiger partial charge in [0.1, 0.15) is 28.0 Å². The number of hydrazone groups is 1. The zero-order chi connectivity index (χ0) is 25.1. The fraction of sp³-hybridized carbons (Fsp3) is 0.0400. The van der Waals surface area contributed by atoms with Crippen LogP contribution in [0.2, 0.25) is 0 Å². The van der Waals surface area contributed by atoms with E-state index in [0.717, 1.165) is 11.8 Å². The molecule has 2 aliphatic rings. The Morgan fingerprint density at radius 3 is 2.36 bits per heavy atom. The van der Waals surface area contributed by atoms with Crippen molar-refractivity contribution in [1.82, 2.24) is 5.01 Å². The number of para-hydroxylation sites is 2. The Bertz CT molecular complexity index is 1530. The Morgan fingerprint density at radius 2 is 1.61 bits per heavy atom. The minimum Gasteiger partial charge on any atom is -0.487 e. The summed E-state index contributed by atoms with van der Waals surface area (Å²) in [5, 5.41) is 15.0. The molecule has 0 unspecified atom stereocenters. The predicted octanol–water partition coefficient (Wildman–Crippen LogP) is 4.15. The van der Waals surface area contributed by atoms with Crippen molar-refractivity contribution in [2.24, 2.45) is 10.1 Å². The molecule has 0 fully saturated rings. The Hall–Kier alpha value is -4.22. The maximum absolute atomic E-state index is 12.8. The molecular weight excluding hydrogens is 500 g/mol. The van der Waals surface area contributed by atoms with Gasteiger partial charge in [-0.1, -0.05) is 54.6 Å². The summed E-state index contributed by atoms with van der Waals surface area (Å²) < 4.78 is 36.5. The number of carbonyl (C=O) groups is 1. The van der Waals surface area contributed by atoms with Crippen LogP contribution in [0, 0.1) is 5.41 Å². The zero-order valence-electron chi connectivity index (χ0n) is 18.6. The van der Waals surface area contributed by atoms with E-state index in [4.69, 9.17) is 14.3 Å². The third-order valence-corrected chi connectivity index (χ3v) is 7.18. The number of hydrogen-bond donors (Lipinski definition) is 1. The number of nitrogens with one attached hydrogen (secondary N) is 1. The highest BCUT2D eigenvalue weighted by Gasteiger charge is 2.36. The molecule has 11 heteroatoms. The summed E-state index contributed by atoms with van der Waals surface area (Å²) in [6.45, 7) is 0.152. The molecule has 1 N–H and O–H groups in total. The lowest BCUT2D eigenvalue weighted by Crippen LogP contribution is -2.35. The molecule has 0 saturated heterocycles. The number of hydrogen-bond acceptors (Lipinski definition) is 8. The van der Waals surface area contributed by atoms with Crippen molar-refractivity contribution in [3.63, 3.8) is 0 Å². The van der Waals surface area contributed by atoms with Crippen LogP contribution in [0.3, 0.4) is 0 Å². The van der Waals surface area contributed by atoms with E-state index < -0.39 is 16.0 Å². The summed E-state index contributed by atoms with van der Waals surface area (Å²) in [5.41, 5.74) is 0.244. The van der Waals surface area contributed by atoms with Crippen LogP contribution in [-0.2, 0) is 14.9 Å². The van der Waals surface area contributed by atoms with Gasteiger partial charge in [-0.25, -0.2) is 0 Å². The molecule has 0 spiro atoms. The molecule has 0 saturated carbocycles. The van der Waals surface area contributed by atoms with E-state index in [0.29, 0.717) is 16.4 Å². The second-order valence-corrected chi connectivity index (χ2v) is 10.1. The zero-order valence-corrected chi connectivity index (χ0v) is 20.2. The van der Waals surface area contributed by atoms with Gasteiger partial charge >= 0.3 is 10.1 Å². The van der Waals surface area contributed by atoms with E-state index in [1.165, 1.54) is 29.3 Å². The van der Waals surface area contributed by atoms with Crippen molar-refractivity contribution in [2.45, 2.75) is 4.90 Å². The van der Waals surface area contributed by atoms with E-state index in [2.05, 4.69) is 10.1 Å². The van der Waals surface area contributed by atoms with Gasteiger partial charge in [-0.05, 0) is 48.2 Å². The summed E-state index contributed by atoms with van der Waals surface area (Å²) >= 11 is 1.15. The number of amidine groups is 2. The highest BCUT2D eigenvalue weighted by Crippen LogP contribution is 2.31. The molecule has 2 heterocycles. The summed E-state index contributed by atoms with van der Waals surface area (Å²) in [5.74, 6) is -0.144. The van der Waals surface area contributed by atoms with Crippen molar-refractivity contribution in [3.8, 4) is 11.5 Å². The monoisotopic (exact) mass is 518 g/mol. The number of carbonyl (C=O) groups excluding carboxylic acids is 1. The largest absolute Gasteiger partial charge is 0.487 e. The molecule has 180 valence electrons. The SMILES string of the molecule is N=C1C(=Cc2ccccc2OS(=O)(=O)c2ccccc2)C(=O)N=C2SC(COc3ccccc3)=NN12. The van der Waals surface area contributed by atoms with Crippen LogP contribution in [0.5, 0.6) is 11.5 Å². The standard InChI is InChI=1S/C25H18N4O5S2/c26-23-20(15-17-9-7-8-14-21(17)34-36(31,32)19-12-5-2-6-13-19)24(30)27-25-29(23)28-22(35-25)16-33-18-10-3-1-4-11-18/h1-15,26H,16H2. The average Bonchev–Trinajstić information content (AvgIpc) is 3.30. The number of ether oxygens (including phenoxy) is 1. The summed E-state index contributed by atoms with van der Waals surface area (Å²) in [4.78, 5) is 16.8. The van der Waals surface area contributed by atoms with Gasteiger partial charge in [0.05, 0.1) is 5.57 Å².